The molecule has 3 rings (SSSR count). The molecule has 0 aliphatic rings. The average Bonchev–Trinajstić information content (AvgIpc) is 3.25. The van der Waals surface area contributed by atoms with Crippen molar-refractivity contribution in [2.24, 2.45) is 0 Å². The van der Waals surface area contributed by atoms with Gasteiger partial charge in [-0.25, -0.2) is 4.79 Å². The summed E-state index contributed by atoms with van der Waals surface area (Å²) in [7, 11) is 1.45. The van der Waals surface area contributed by atoms with Crippen LogP contribution in [0.15, 0.2) is 66.1 Å². The Kier molecular flexibility index (Phi) is 6.16. The van der Waals surface area contributed by atoms with Gasteiger partial charge in [-0.05, 0) is 47.9 Å². The predicted octanol–water partition coefficient (Wildman–Crippen LogP) is 4.78. The van der Waals surface area contributed by atoms with Gasteiger partial charge in [0.1, 0.15) is 11.5 Å². The first-order chi connectivity index (χ1) is 14.0. The van der Waals surface area contributed by atoms with Crippen molar-refractivity contribution >= 4 is 34.9 Å². The smallest absolute Gasteiger partial charge is 0.343 e. The summed E-state index contributed by atoms with van der Waals surface area (Å²) >= 11 is 1.49. The highest BCUT2D eigenvalue weighted by Crippen LogP contribution is 2.27. The van der Waals surface area contributed by atoms with Gasteiger partial charge in [0, 0.05) is 23.1 Å². The highest BCUT2D eigenvalue weighted by atomic mass is 32.1. The van der Waals surface area contributed by atoms with E-state index in [1.807, 2.05) is 17.5 Å². The summed E-state index contributed by atoms with van der Waals surface area (Å²) in [5, 5.41) is 12.6. The van der Waals surface area contributed by atoms with E-state index >= 15 is 0 Å². The number of carbonyl (C=O) groups is 2. The van der Waals surface area contributed by atoms with Crippen LogP contribution in [-0.2, 0) is 0 Å². The zero-order chi connectivity index (χ0) is 20.8. The van der Waals surface area contributed by atoms with Gasteiger partial charge >= 0.3 is 5.97 Å². The van der Waals surface area contributed by atoms with Gasteiger partial charge in [-0.2, -0.15) is 0 Å². The Labute approximate surface area is 170 Å². The standard InChI is InChI=1S/C21H15NO6S/c1-27-16-8-10-18(19(23)11-9-17-3-2-12-29-17)20(13-16)28-21(24)14-4-6-15(7-5-14)22(25)26/h2-13H,1H3/b11-9+. The van der Waals surface area contributed by atoms with E-state index in [9.17, 15) is 19.7 Å². The van der Waals surface area contributed by atoms with E-state index < -0.39 is 10.9 Å². The maximum Gasteiger partial charge on any atom is 0.343 e. The quantitative estimate of drug-likeness (QED) is 0.139. The molecule has 0 N–H and O–H groups in total. The number of nitro benzene ring substituents is 1. The number of non-ortho nitro benzene ring substituents is 1. The minimum absolute atomic E-state index is 0.0357. The Hall–Kier alpha value is -3.78. The summed E-state index contributed by atoms with van der Waals surface area (Å²) in [5.74, 6) is -0.638. The molecule has 0 spiro atoms. The number of carbonyl (C=O) groups excluding carboxylic acids is 2. The molecule has 7 nitrogen and oxygen atoms in total. The lowest BCUT2D eigenvalue weighted by atomic mass is 10.1. The molecule has 0 saturated carbocycles. The first-order valence-electron chi connectivity index (χ1n) is 8.38. The normalized spacial score (nSPS) is 10.7. The number of hydrogen-bond donors (Lipinski definition) is 0. The van der Waals surface area contributed by atoms with Crippen LogP contribution in [0, 0.1) is 10.1 Å². The van der Waals surface area contributed by atoms with E-state index in [0.717, 1.165) is 4.88 Å². The average molecular weight is 409 g/mol. The van der Waals surface area contributed by atoms with Crippen LogP contribution in [0.4, 0.5) is 5.69 Å². The van der Waals surface area contributed by atoms with Gasteiger partial charge in [-0.3, -0.25) is 14.9 Å². The number of methoxy groups -OCH3 is 1. The summed E-state index contributed by atoms with van der Waals surface area (Å²) in [6.07, 6.45) is 3.08. The first-order valence-corrected chi connectivity index (χ1v) is 9.26. The van der Waals surface area contributed by atoms with Crippen LogP contribution in [0.25, 0.3) is 6.08 Å². The Morgan fingerprint density at radius 1 is 1.10 bits per heavy atom. The maximum absolute atomic E-state index is 12.6. The van der Waals surface area contributed by atoms with Crippen LogP contribution in [0.1, 0.15) is 25.6 Å². The van der Waals surface area contributed by atoms with Crippen LogP contribution in [0.3, 0.4) is 0 Å². The summed E-state index contributed by atoms with van der Waals surface area (Å²) in [5.41, 5.74) is 0.164. The van der Waals surface area contributed by atoms with Gasteiger partial charge in [0.2, 0.25) is 0 Å². The molecule has 146 valence electrons. The van der Waals surface area contributed by atoms with Crippen molar-refractivity contribution < 1.29 is 24.0 Å². The molecule has 0 unspecified atom stereocenters. The Bertz CT molecular complexity index is 1070. The van der Waals surface area contributed by atoms with Crippen molar-refractivity contribution in [1.29, 1.82) is 0 Å². The van der Waals surface area contributed by atoms with Crippen LogP contribution < -0.4 is 9.47 Å². The van der Waals surface area contributed by atoms with Gasteiger partial charge < -0.3 is 9.47 Å². The lowest BCUT2D eigenvalue weighted by Crippen LogP contribution is -2.11. The minimum atomic E-state index is -0.746. The second-order valence-electron chi connectivity index (χ2n) is 5.77. The predicted molar refractivity (Wildman–Crippen MR) is 109 cm³/mol. The first kappa shape index (κ1) is 20.0. The Balaban J connectivity index is 1.85. The number of ether oxygens (including phenoxy) is 2. The number of benzene rings is 2. The Morgan fingerprint density at radius 3 is 2.48 bits per heavy atom. The highest BCUT2D eigenvalue weighted by molar-refractivity contribution is 7.10. The van der Waals surface area contributed by atoms with Crippen LogP contribution >= 0.6 is 11.3 Å². The summed E-state index contributed by atoms with van der Waals surface area (Å²) < 4.78 is 10.5. The second-order valence-corrected chi connectivity index (χ2v) is 6.75. The molecular formula is C21H15NO6S. The van der Waals surface area contributed by atoms with Crippen LogP contribution in [0.5, 0.6) is 11.5 Å². The van der Waals surface area contributed by atoms with E-state index in [4.69, 9.17) is 9.47 Å². The summed E-state index contributed by atoms with van der Waals surface area (Å²) in [4.78, 5) is 36.2. The van der Waals surface area contributed by atoms with Gasteiger partial charge in [0.05, 0.1) is 23.2 Å². The molecular weight excluding hydrogens is 394 g/mol. The van der Waals surface area contributed by atoms with E-state index in [-0.39, 0.29) is 28.3 Å². The number of nitro groups is 1. The second kappa shape index (κ2) is 8.94. The molecule has 29 heavy (non-hydrogen) atoms. The number of nitrogens with zero attached hydrogens (tertiary/aromatic N) is 1. The zero-order valence-corrected chi connectivity index (χ0v) is 16.0. The van der Waals surface area contributed by atoms with Gasteiger partial charge in [0.15, 0.2) is 5.78 Å². The fraction of sp³-hybridized carbons (Fsp3) is 0.0476. The zero-order valence-electron chi connectivity index (χ0n) is 15.2. The topological polar surface area (TPSA) is 95.7 Å². The van der Waals surface area contributed by atoms with Gasteiger partial charge in [0.25, 0.3) is 5.69 Å². The molecule has 0 aliphatic heterocycles. The van der Waals surface area contributed by atoms with Gasteiger partial charge in [-0.1, -0.05) is 6.07 Å². The van der Waals surface area contributed by atoms with Crippen LogP contribution in [-0.4, -0.2) is 23.8 Å². The van der Waals surface area contributed by atoms with Crippen molar-refractivity contribution in [3.05, 3.63) is 92.2 Å². The van der Waals surface area contributed by atoms with E-state index in [0.29, 0.717) is 5.75 Å². The molecule has 0 saturated heterocycles. The summed E-state index contributed by atoms with van der Waals surface area (Å²) in [6, 6.07) is 13.3. The molecule has 1 aromatic heterocycles. The number of thiophene rings is 1. The van der Waals surface area contributed by atoms with E-state index in [2.05, 4.69) is 0 Å². The van der Waals surface area contributed by atoms with E-state index in [1.165, 1.54) is 60.9 Å². The fourth-order valence-corrected chi connectivity index (χ4v) is 3.05. The number of esters is 1. The van der Waals surface area contributed by atoms with Crippen molar-refractivity contribution in [3.63, 3.8) is 0 Å². The third-order valence-corrected chi connectivity index (χ3v) is 4.75. The third-order valence-electron chi connectivity index (χ3n) is 3.91. The molecule has 0 aliphatic carbocycles. The van der Waals surface area contributed by atoms with Crippen molar-refractivity contribution in [2.45, 2.75) is 0 Å². The monoisotopic (exact) mass is 409 g/mol. The molecule has 2 aromatic carbocycles. The molecule has 0 atom stereocenters. The molecule has 0 radical (unpaired) electrons. The van der Waals surface area contributed by atoms with Crippen molar-refractivity contribution in [3.8, 4) is 11.5 Å². The molecule has 3 aromatic rings. The molecule has 0 amide bonds. The Morgan fingerprint density at radius 2 is 1.86 bits per heavy atom. The highest BCUT2D eigenvalue weighted by Gasteiger charge is 2.17. The number of hydrogen-bond acceptors (Lipinski definition) is 7. The molecule has 8 heteroatoms. The number of rotatable bonds is 7. The van der Waals surface area contributed by atoms with Crippen molar-refractivity contribution in [2.75, 3.05) is 7.11 Å². The van der Waals surface area contributed by atoms with Gasteiger partial charge in [-0.15, -0.1) is 11.3 Å². The SMILES string of the molecule is COc1ccc(C(=O)/C=C/c2cccs2)c(OC(=O)c2ccc([N+](=O)[O-])cc2)c1. The van der Waals surface area contributed by atoms with E-state index in [1.54, 1.807) is 12.1 Å². The lowest BCUT2D eigenvalue weighted by molar-refractivity contribution is -0.384. The summed E-state index contributed by atoms with van der Waals surface area (Å²) in [6.45, 7) is 0. The van der Waals surface area contributed by atoms with Crippen LogP contribution in [0.2, 0.25) is 0 Å². The largest absolute Gasteiger partial charge is 0.497 e. The molecule has 0 bridgehead atoms. The number of ketones is 1. The number of allylic oxidation sites excluding steroid dienone is 1. The van der Waals surface area contributed by atoms with Crippen molar-refractivity contribution in [1.82, 2.24) is 0 Å². The lowest BCUT2D eigenvalue weighted by Gasteiger charge is -2.10. The molecule has 1 heterocycles. The fourth-order valence-electron chi connectivity index (χ4n) is 2.43. The third kappa shape index (κ3) is 4.94. The minimum Gasteiger partial charge on any atom is -0.497 e. The molecule has 0 fully saturated rings. The maximum atomic E-state index is 12.6.